The highest BCUT2D eigenvalue weighted by atomic mass is 32.3. The molecule has 3 nitrogen and oxygen atoms in total. The van der Waals surface area contributed by atoms with Crippen molar-refractivity contribution >= 4 is 10.9 Å². The molecule has 0 saturated carbocycles. The molecule has 0 fully saturated rings. The van der Waals surface area contributed by atoms with Gasteiger partial charge < -0.3 is 0 Å². The Morgan fingerprint density at radius 3 is 1.48 bits per heavy atom. The van der Waals surface area contributed by atoms with Crippen molar-refractivity contribution in [3.05, 3.63) is 34.6 Å². The van der Waals surface area contributed by atoms with E-state index in [0.717, 1.165) is 0 Å². The molecule has 0 aliphatic heterocycles. The van der Waals surface area contributed by atoms with E-state index in [2.05, 4.69) is 0 Å². The normalized spacial score (nSPS) is 12.8. The van der Waals surface area contributed by atoms with E-state index in [1.54, 1.807) is 0 Å². The Bertz CT molecular complexity index is 471. The van der Waals surface area contributed by atoms with Crippen molar-refractivity contribution in [3.8, 4) is 0 Å². The van der Waals surface area contributed by atoms with Crippen molar-refractivity contribution in [1.82, 2.24) is 0 Å². The van der Waals surface area contributed by atoms with E-state index in [1.165, 1.54) is 21.3 Å². The second-order valence-electron chi connectivity index (χ2n) is 3.91. The molecule has 0 radical (unpaired) electrons. The molecule has 0 atom stereocenters. The summed E-state index contributed by atoms with van der Waals surface area (Å²) in [6, 6.07) is 0. The van der Waals surface area contributed by atoms with Crippen LogP contribution in [0.4, 0.5) is 22.0 Å². The summed E-state index contributed by atoms with van der Waals surface area (Å²) in [5, 5.41) is 0. The summed E-state index contributed by atoms with van der Waals surface area (Å²) in [5.74, 6) is -9.59. The van der Waals surface area contributed by atoms with Gasteiger partial charge in [-0.05, 0) is 12.8 Å². The van der Waals surface area contributed by atoms with Gasteiger partial charge in [0, 0.05) is 11.3 Å². The van der Waals surface area contributed by atoms with E-state index in [4.69, 9.17) is 12.5 Å². The Kier molecular flexibility index (Phi) is 6.39. The van der Waals surface area contributed by atoms with E-state index in [1.807, 2.05) is 0 Å². The van der Waals surface area contributed by atoms with E-state index in [-0.39, 0.29) is 18.6 Å². The SMILES string of the molecule is COS(CCCc1c(F)c(F)c(F)c(F)c1F)(OC)OC. The number of hydrogen-bond acceptors (Lipinski definition) is 3. The summed E-state index contributed by atoms with van der Waals surface area (Å²) in [5.41, 5.74) is -0.858. The molecule has 1 aromatic rings. The van der Waals surface area contributed by atoms with Crippen LogP contribution in [-0.2, 0) is 19.0 Å². The van der Waals surface area contributed by atoms with Gasteiger partial charge in [0.15, 0.2) is 23.3 Å². The number of hydrogen-bond donors (Lipinski definition) is 0. The maximum absolute atomic E-state index is 13.5. The molecule has 0 spiro atoms. The summed E-state index contributed by atoms with van der Waals surface area (Å²) in [6.45, 7) is 0. The van der Waals surface area contributed by atoms with Crippen molar-refractivity contribution in [1.29, 1.82) is 0 Å². The van der Waals surface area contributed by atoms with E-state index < -0.39 is 45.5 Å². The first-order valence-corrected chi connectivity index (χ1v) is 7.39. The zero-order chi connectivity index (χ0) is 16.2. The third-order valence-electron chi connectivity index (χ3n) is 2.88. The molecule has 0 aliphatic carbocycles. The van der Waals surface area contributed by atoms with Crippen molar-refractivity contribution in [2.45, 2.75) is 12.8 Å². The molecule has 0 aliphatic rings. The van der Waals surface area contributed by atoms with Gasteiger partial charge in [0.05, 0.1) is 32.2 Å². The van der Waals surface area contributed by atoms with Crippen LogP contribution in [-0.4, -0.2) is 27.1 Å². The first-order chi connectivity index (χ1) is 9.83. The van der Waals surface area contributed by atoms with Crippen molar-refractivity contribution in [2.24, 2.45) is 0 Å². The molecule has 1 aromatic carbocycles. The number of halogens is 5. The fraction of sp³-hybridized carbons (Fsp3) is 0.500. The monoisotopic (exact) mass is 334 g/mol. The van der Waals surface area contributed by atoms with Crippen LogP contribution in [0.5, 0.6) is 0 Å². The van der Waals surface area contributed by atoms with E-state index in [0.29, 0.717) is 0 Å². The standard InChI is InChI=1S/C12H15F5O3S/c1-18-21(19-2,20-3)6-4-5-7-8(13)10(15)12(17)11(16)9(7)14/h4-6H2,1-3H3. The summed E-state index contributed by atoms with van der Waals surface area (Å²) in [7, 11) is 1.66. The first-order valence-electron chi connectivity index (χ1n) is 5.81. The third-order valence-corrected chi connectivity index (χ3v) is 5.20. The van der Waals surface area contributed by atoms with Crippen LogP contribution in [0.15, 0.2) is 0 Å². The van der Waals surface area contributed by atoms with Gasteiger partial charge in [-0.2, -0.15) is 0 Å². The predicted molar refractivity (Wildman–Crippen MR) is 68.0 cm³/mol. The maximum atomic E-state index is 13.5. The average Bonchev–Trinajstić information content (AvgIpc) is 2.51. The van der Waals surface area contributed by atoms with Gasteiger partial charge in [0.1, 0.15) is 0 Å². The highest BCUT2D eigenvalue weighted by Crippen LogP contribution is 2.49. The Morgan fingerprint density at radius 2 is 1.10 bits per heavy atom. The van der Waals surface area contributed by atoms with Crippen LogP contribution in [0.3, 0.4) is 0 Å². The Balaban J connectivity index is 2.91. The highest BCUT2D eigenvalue weighted by Gasteiger charge is 2.27. The topological polar surface area (TPSA) is 27.7 Å². The molecule has 9 heteroatoms. The lowest BCUT2D eigenvalue weighted by atomic mass is 10.1. The van der Waals surface area contributed by atoms with Gasteiger partial charge in [-0.1, -0.05) is 0 Å². The fourth-order valence-corrected chi connectivity index (χ4v) is 3.16. The second-order valence-corrected chi connectivity index (χ2v) is 6.44. The summed E-state index contributed by atoms with van der Waals surface area (Å²) >= 11 is 0. The van der Waals surface area contributed by atoms with Crippen LogP contribution in [0.1, 0.15) is 12.0 Å². The van der Waals surface area contributed by atoms with Gasteiger partial charge >= 0.3 is 0 Å². The van der Waals surface area contributed by atoms with Crippen molar-refractivity contribution < 1.29 is 34.5 Å². The lowest BCUT2D eigenvalue weighted by molar-refractivity contribution is 0.247. The van der Waals surface area contributed by atoms with Crippen molar-refractivity contribution in [3.63, 3.8) is 0 Å². The molecule has 0 N–H and O–H groups in total. The minimum Gasteiger partial charge on any atom is -0.296 e. The molecule has 122 valence electrons. The van der Waals surface area contributed by atoms with Gasteiger partial charge in [0.2, 0.25) is 5.82 Å². The molecule has 0 saturated heterocycles. The average molecular weight is 334 g/mol. The van der Waals surface area contributed by atoms with Crippen LogP contribution >= 0.6 is 10.9 Å². The summed E-state index contributed by atoms with van der Waals surface area (Å²) in [4.78, 5) is 0. The molecule has 21 heavy (non-hydrogen) atoms. The molecule has 0 heterocycles. The van der Waals surface area contributed by atoms with Gasteiger partial charge in [-0.3, -0.25) is 12.5 Å². The summed E-state index contributed by atoms with van der Waals surface area (Å²) in [6.07, 6.45) is -0.306. The second kappa shape index (κ2) is 7.39. The van der Waals surface area contributed by atoms with Crippen LogP contribution in [0, 0.1) is 29.1 Å². The van der Waals surface area contributed by atoms with Crippen LogP contribution < -0.4 is 0 Å². The highest BCUT2D eigenvalue weighted by molar-refractivity contribution is 8.21. The molecular weight excluding hydrogens is 319 g/mol. The van der Waals surface area contributed by atoms with Crippen LogP contribution in [0.25, 0.3) is 0 Å². The molecule has 0 unspecified atom stereocenters. The lowest BCUT2D eigenvalue weighted by Crippen LogP contribution is -2.13. The molecule has 0 amide bonds. The minimum atomic E-state index is -2.34. The van der Waals surface area contributed by atoms with E-state index >= 15 is 0 Å². The Labute approximate surface area is 120 Å². The van der Waals surface area contributed by atoms with Gasteiger partial charge in [0.25, 0.3) is 0 Å². The quantitative estimate of drug-likeness (QED) is 0.431. The molecule has 1 rings (SSSR count). The third kappa shape index (κ3) is 3.65. The van der Waals surface area contributed by atoms with Gasteiger partial charge in [-0.15, -0.1) is 0 Å². The maximum Gasteiger partial charge on any atom is 0.200 e. The molecule has 0 aromatic heterocycles. The zero-order valence-electron chi connectivity index (χ0n) is 11.6. The molecule has 0 bridgehead atoms. The number of benzene rings is 1. The van der Waals surface area contributed by atoms with E-state index in [9.17, 15) is 22.0 Å². The zero-order valence-corrected chi connectivity index (χ0v) is 12.5. The Hall–Kier alpha value is -0.900. The van der Waals surface area contributed by atoms with Crippen molar-refractivity contribution in [2.75, 3.05) is 27.1 Å². The lowest BCUT2D eigenvalue weighted by Gasteiger charge is -2.33. The Morgan fingerprint density at radius 1 is 0.714 bits per heavy atom. The number of rotatable bonds is 7. The molecular formula is C12H15F5O3S. The first kappa shape index (κ1) is 18.1. The summed E-state index contributed by atoms with van der Waals surface area (Å²) < 4.78 is 81.0. The minimum absolute atomic E-state index is 0.0587. The smallest absolute Gasteiger partial charge is 0.200 e. The van der Waals surface area contributed by atoms with Crippen LogP contribution in [0.2, 0.25) is 0 Å². The predicted octanol–water partition coefficient (Wildman–Crippen LogP) is 3.80. The largest absolute Gasteiger partial charge is 0.296 e. The van der Waals surface area contributed by atoms with Gasteiger partial charge in [-0.25, -0.2) is 22.0 Å². The fourth-order valence-electron chi connectivity index (χ4n) is 1.75.